The normalized spacial score (nSPS) is 35.7. The molecule has 4 heterocycles. The van der Waals surface area contributed by atoms with Crippen LogP contribution >= 0.6 is 0 Å². The lowest BCUT2D eigenvalue weighted by Crippen LogP contribution is -2.60. The summed E-state index contributed by atoms with van der Waals surface area (Å²) in [6.45, 7) is 3.81. The molecule has 2 amide bonds. The Morgan fingerprint density at radius 3 is 1.20 bits per heavy atom. The molecule has 64 heavy (non-hydrogen) atoms. The highest BCUT2D eigenvalue weighted by molar-refractivity contribution is 5.84. The molecule has 10 aliphatic rings. The first-order valence-electron chi connectivity index (χ1n) is 24.7. The van der Waals surface area contributed by atoms with Gasteiger partial charge in [-0.15, -0.1) is 0 Å². The molecular formula is C54H66N6O4. The molecule has 4 N–H and O–H groups in total. The van der Waals surface area contributed by atoms with E-state index < -0.39 is 0 Å². The quantitative estimate of drug-likeness (QED) is 0.140. The fourth-order valence-corrected chi connectivity index (χ4v) is 14.7. The van der Waals surface area contributed by atoms with E-state index in [0.29, 0.717) is 35.5 Å². The van der Waals surface area contributed by atoms with E-state index in [1.165, 1.54) is 33.6 Å². The lowest BCUT2D eigenvalue weighted by molar-refractivity contribution is -0.164. The van der Waals surface area contributed by atoms with Gasteiger partial charge in [0.2, 0.25) is 11.8 Å². The Kier molecular flexibility index (Phi) is 11.3. The maximum Gasteiger partial charge on any atom is 0.226 e. The third-order valence-electron chi connectivity index (χ3n) is 17.4. The summed E-state index contributed by atoms with van der Waals surface area (Å²) in [5, 5.41) is 28.0. The highest BCUT2D eigenvalue weighted by atomic mass is 16.3. The molecule has 2 aromatic heterocycles. The van der Waals surface area contributed by atoms with Gasteiger partial charge in [0, 0.05) is 74.4 Å². The number of aliphatic hydroxyl groups excluding tert-OH is 2. The molecule has 336 valence electrons. The van der Waals surface area contributed by atoms with Crippen LogP contribution in [0.25, 0.3) is 22.3 Å². The van der Waals surface area contributed by atoms with Crippen LogP contribution in [0.4, 0.5) is 11.4 Å². The lowest BCUT2D eigenvalue weighted by atomic mass is 9.48. The summed E-state index contributed by atoms with van der Waals surface area (Å²) < 4.78 is 0. The van der Waals surface area contributed by atoms with Crippen molar-refractivity contribution in [2.45, 2.75) is 114 Å². The van der Waals surface area contributed by atoms with Gasteiger partial charge in [0.15, 0.2) is 0 Å². The number of hydrogen-bond donors (Lipinski definition) is 4. The Hall–Kier alpha value is -4.80. The Morgan fingerprint density at radius 1 is 0.500 bits per heavy atom. The Balaban J connectivity index is 0.000000143. The van der Waals surface area contributed by atoms with E-state index in [0.717, 1.165) is 116 Å². The van der Waals surface area contributed by atoms with Gasteiger partial charge < -0.3 is 30.6 Å². The van der Waals surface area contributed by atoms with Gasteiger partial charge in [-0.2, -0.15) is 0 Å². The molecule has 0 radical (unpaired) electrons. The minimum atomic E-state index is -0.218. The summed E-state index contributed by atoms with van der Waals surface area (Å²) in [5.74, 6) is 3.18. The first-order chi connectivity index (χ1) is 31.2. The van der Waals surface area contributed by atoms with Crippen molar-refractivity contribution in [2.75, 3.05) is 36.0 Å². The number of aliphatic hydroxyl groups is 2. The van der Waals surface area contributed by atoms with E-state index in [2.05, 4.69) is 78.9 Å². The van der Waals surface area contributed by atoms with Gasteiger partial charge in [-0.05, 0) is 196 Å². The first-order valence-corrected chi connectivity index (χ1v) is 24.7. The molecule has 10 nitrogen and oxygen atoms in total. The average molecular weight is 863 g/mol. The monoisotopic (exact) mass is 863 g/mol. The van der Waals surface area contributed by atoms with E-state index in [-0.39, 0.29) is 46.9 Å². The van der Waals surface area contributed by atoms with Crippen LogP contribution in [-0.2, 0) is 9.59 Å². The highest BCUT2D eigenvalue weighted by Crippen LogP contribution is 2.61. The van der Waals surface area contributed by atoms with Crippen molar-refractivity contribution in [2.24, 2.45) is 46.3 Å². The van der Waals surface area contributed by atoms with Gasteiger partial charge in [0.25, 0.3) is 0 Å². The van der Waals surface area contributed by atoms with Gasteiger partial charge in [-0.1, -0.05) is 24.3 Å². The maximum absolute atomic E-state index is 13.5. The molecule has 2 aliphatic heterocycles. The van der Waals surface area contributed by atoms with Crippen LogP contribution < -0.4 is 20.4 Å². The standard InChI is InChI=1S/2C27H33N3O2/c2*31-25-21-12-18-13-22(25)16-27(14-18,15-21)26(32)29-23-2-1-11-30(17-23)24-5-3-19(4-6-24)20-7-9-28-10-8-20/h2*3-10,18,21-23,25,31H,1-2,11-17H2,(H,29,32)/t2*18?,21?,22?,23-,25?,27?/m00/s1. The third-order valence-corrected chi connectivity index (χ3v) is 17.4. The topological polar surface area (TPSA) is 131 Å². The number of amides is 2. The number of aromatic nitrogens is 2. The number of carbonyl (C=O) groups is 2. The summed E-state index contributed by atoms with van der Waals surface area (Å²) in [4.78, 5) is 40.0. The SMILES string of the molecule is O=C(N[C@H]1CCCN(c2ccc(-c3ccncc3)cc2)C1)C12CC3CC(C1)C(O)C(C3)C2.O=C(N[C@H]1CCCN(c2ccc(-c3ccncc3)cc2)C1)C12CC3CC(C1)C(O)C(C3)C2. The van der Waals surface area contributed by atoms with Crippen molar-refractivity contribution < 1.29 is 19.8 Å². The molecule has 8 aliphatic carbocycles. The minimum Gasteiger partial charge on any atom is -0.393 e. The fourth-order valence-electron chi connectivity index (χ4n) is 14.7. The van der Waals surface area contributed by atoms with Crippen molar-refractivity contribution >= 4 is 23.2 Å². The average Bonchev–Trinajstić information content (AvgIpc) is 3.33. The number of anilines is 2. The second kappa shape index (κ2) is 17.2. The molecule has 4 unspecified atom stereocenters. The molecule has 8 saturated carbocycles. The van der Waals surface area contributed by atoms with Crippen molar-refractivity contribution in [3.05, 3.63) is 97.6 Å². The van der Waals surface area contributed by atoms with Gasteiger partial charge in [0.05, 0.1) is 23.0 Å². The Labute approximate surface area is 378 Å². The summed E-state index contributed by atoms with van der Waals surface area (Å²) in [7, 11) is 0. The van der Waals surface area contributed by atoms with Crippen LogP contribution in [-0.4, -0.2) is 82.5 Å². The number of pyridine rings is 2. The van der Waals surface area contributed by atoms with Crippen LogP contribution in [0.5, 0.6) is 0 Å². The zero-order valence-electron chi connectivity index (χ0n) is 37.2. The summed E-state index contributed by atoms with van der Waals surface area (Å²) in [5.41, 5.74) is 6.75. The molecule has 10 heteroatoms. The largest absolute Gasteiger partial charge is 0.393 e. The van der Waals surface area contributed by atoms with E-state index in [9.17, 15) is 19.8 Å². The number of benzene rings is 2. The smallest absolute Gasteiger partial charge is 0.226 e. The third kappa shape index (κ3) is 8.12. The van der Waals surface area contributed by atoms with Crippen LogP contribution in [0, 0.1) is 46.3 Å². The van der Waals surface area contributed by atoms with E-state index in [4.69, 9.17) is 0 Å². The molecule has 8 bridgehead atoms. The molecule has 14 rings (SSSR count). The molecule has 4 aromatic rings. The first kappa shape index (κ1) is 41.9. The number of carbonyl (C=O) groups excluding carboxylic acids is 2. The number of piperidine rings is 2. The van der Waals surface area contributed by atoms with Crippen molar-refractivity contribution in [3.8, 4) is 22.3 Å². The minimum absolute atomic E-state index is 0.173. The molecular weight excluding hydrogens is 797 g/mol. The van der Waals surface area contributed by atoms with Gasteiger partial charge in [-0.25, -0.2) is 0 Å². The highest BCUT2D eigenvalue weighted by Gasteiger charge is 2.59. The predicted molar refractivity (Wildman–Crippen MR) is 250 cm³/mol. The van der Waals surface area contributed by atoms with Crippen LogP contribution in [0.1, 0.15) is 89.9 Å². The van der Waals surface area contributed by atoms with E-state index in [1.54, 1.807) is 0 Å². The van der Waals surface area contributed by atoms with E-state index in [1.807, 2.05) is 49.1 Å². The summed E-state index contributed by atoms with van der Waals surface area (Å²) in [6.07, 6.45) is 21.4. The summed E-state index contributed by atoms with van der Waals surface area (Å²) in [6, 6.07) is 26.0. The number of hydrogen-bond acceptors (Lipinski definition) is 8. The maximum atomic E-state index is 13.5. The fraction of sp³-hybridized carbons (Fsp3) is 0.556. The molecule has 0 spiro atoms. The van der Waals surface area contributed by atoms with E-state index >= 15 is 0 Å². The summed E-state index contributed by atoms with van der Waals surface area (Å²) >= 11 is 0. The second-order valence-corrected chi connectivity index (χ2v) is 21.6. The second-order valence-electron chi connectivity index (χ2n) is 21.6. The van der Waals surface area contributed by atoms with Gasteiger partial charge in [0.1, 0.15) is 0 Å². The number of rotatable bonds is 8. The molecule has 6 atom stereocenters. The lowest BCUT2D eigenvalue weighted by Gasteiger charge is -2.58. The van der Waals surface area contributed by atoms with Gasteiger partial charge >= 0.3 is 0 Å². The molecule has 2 aromatic carbocycles. The van der Waals surface area contributed by atoms with Crippen molar-refractivity contribution in [1.82, 2.24) is 20.6 Å². The van der Waals surface area contributed by atoms with Crippen molar-refractivity contribution in [1.29, 1.82) is 0 Å². The van der Waals surface area contributed by atoms with Crippen LogP contribution in [0.15, 0.2) is 97.6 Å². The van der Waals surface area contributed by atoms with Crippen LogP contribution in [0.2, 0.25) is 0 Å². The predicted octanol–water partition coefficient (Wildman–Crippen LogP) is 8.04. The Bertz CT molecular complexity index is 2080. The Morgan fingerprint density at radius 2 is 0.844 bits per heavy atom. The number of nitrogens with zero attached hydrogens (tertiary/aromatic N) is 4. The van der Waals surface area contributed by atoms with Gasteiger partial charge in [-0.3, -0.25) is 19.6 Å². The number of nitrogens with one attached hydrogen (secondary N) is 2. The zero-order valence-corrected chi connectivity index (χ0v) is 37.2. The zero-order chi connectivity index (χ0) is 43.4. The molecule has 10 fully saturated rings. The van der Waals surface area contributed by atoms with Crippen LogP contribution in [0.3, 0.4) is 0 Å². The molecule has 2 saturated heterocycles. The van der Waals surface area contributed by atoms with Crippen molar-refractivity contribution in [3.63, 3.8) is 0 Å².